The Kier molecular flexibility index (Phi) is 7.02. The number of benzene rings is 1. The number of ether oxygens (including phenoxy) is 1. The van der Waals surface area contributed by atoms with Crippen molar-refractivity contribution in [3.8, 4) is 0 Å². The number of nitrogen functional groups attached to an aromatic ring is 1. The van der Waals surface area contributed by atoms with Crippen LogP contribution in [-0.2, 0) is 9.53 Å². The predicted octanol–water partition coefficient (Wildman–Crippen LogP) is 2.77. The number of hydrogen-bond acceptors (Lipinski definition) is 4. The molecule has 0 saturated heterocycles. The van der Waals surface area contributed by atoms with Crippen molar-refractivity contribution in [2.75, 3.05) is 12.3 Å². The molecule has 21 heavy (non-hydrogen) atoms. The lowest BCUT2D eigenvalue weighted by Crippen LogP contribution is -2.36. The molecule has 1 amide bonds. The standard InChI is InChI=1S/C15H21ClN2O3/c1-3-4-5-9-18-14(19)10(2)21-15(20)13-11(16)7-6-8-12(13)17/h6-8,10H,3-5,9,17H2,1-2H3,(H,18,19). The maximum absolute atomic E-state index is 12.0. The third-order valence-corrected chi connectivity index (χ3v) is 3.30. The molecule has 1 unspecified atom stereocenters. The van der Waals surface area contributed by atoms with Crippen LogP contribution < -0.4 is 11.1 Å². The van der Waals surface area contributed by atoms with Crippen LogP contribution in [0.2, 0.25) is 5.02 Å². The lowest BCUT2D eigenvalue weighted by atomic mass is 10.2. The molecule has 6 heteroatoms. The van der Waals surface area contributed by atoms with Gasteiger partial charge in [0.1, 0.15) is 5.56 Å². The number of amides is 1. The van der Waals surface area contributed by atoms with Crippen LogP contribution in [0.5, 0.6) is 0 Å². The van der Waals surface area contributed by atoms with Crippen LogP contribution in [0.4, 0.5) is 5.69 Å². The molecule has 116 valence electrons. The van der Waals surface area contributed by atoms with Gasteiger partial charge in [0.15, 0.2) is 6.10 Å². The smallest absolute Gasteiger partial charge is 0.342 e. The Morgan fingerprint density at radius 2 is 2.10 bits per heavy atom. The van der Waals surface area contributed by atoms with Crippen LogP contribution in [0.3, 0.4) is 0 Å². The summed E-state index contributed by atoms with van der Waals surface area (Å²) < 4.78 is 5.10. The molecule has 0 heterocycles. The molecule has 0 spiro atoms. The van der Waals surface area contributed by atoms with Crippen molar-refractivity contribution >= 4 is 29.2 Å². The van der Waals surface area contributed by atoms with Crippen molar-refractivity contribution in [3.63, 3.8) is 0 Å². The number of carbonyl (C=O) groups is 2. The second kappa shape index (κ2) is 8.52. The van der Waals surface area contributed by atoms with Gasteiger partial charge in [0.05, 0.1) is 5.02 Å². The molecule has 3 N–H and O–H groups in total. The van der Waals surface area contributed by atoms with E-state index < -0.39 is 12.1 Å². The lowest BCUT2D eigenvalue weighted by molar-refractivity contribution is -0.129. The number of anilines is 1. The lowest BCUT2D eigenvalue weighted by Gasteiger charge is -2.14. The van der Waals surface area contributed by atoms with Gasteiger partial charge < -0.3 is 15.8 Å². The highest BCUT2D eigenvalue weighted by molar-refractivity contribution is 6.34. The van der Waals surface area contributed by atoms with Crippen LogP contribution in [-0.4, -0.2) is 24.5 Å². The summed E-state index contributed by atoms with van der Waals surface area (Å²) in [5.74, 6) is -1.03. The minimum atomic E-state index is -0.894. The molecule has 1 aromatic rings. The number of nitrogens with two attached hydrogens (primary N) is 1. The van der Waals surface area contributed by atoms with Gasteiger partial charge in [-0.3, -0.25) is 4.79 Å². The van der Waals surface area contributed by atoms with Crippen LogP contribution in [0, 0.1) is 0 Å². The molecule has 0 aliphatic rings. The van der Waals surface area contributed by atoms with Gasteiger partial charge in [0.25, 0.3) is 5.91 Å². The zero-order valence-electron chi connectivity index (χ0n) is 12.3. The van der Waals surface area contributed by atoms with E-state index in [0.29, 0.717) is 6.54 Å². The quantitative estimate of drug-likeness (QED) is 0.461. The van der Waals surface area contributed by atoms with E-state index in [1.54, 1.807) is 18.2 Å². The van der Waals surface area contributed by atoms with Gasteiger partial charge in [0, 0.05) is 12.2 Å². The fraction of sp³-hybridized carbons (Fsp3) is 0.467. The normalized spacial score (nSPS) is 11.8. The van der Waals surface area contributed by atoms with E-state index in [2.05, 4.69) is 12.2 Å². The van der Waals surface area contributed by atoms with Crippen LogP contribution in [0.15, 0.2) is 18.2 Å². The zero-order valence-corrected chi connectivity index (χ0v) is 13.1. The second-order valence-electron chi connectivity index (χ2n) is 4.75. The summed E-state index contributed by atoms with van der Waals surface area (Å²) in [5, 5.41) is 2.93. The van der Waals surface area contributed by atoms with Crippen molar-refractivity contribution in [3.05, 3.63) is 28.8 Å². The van der Waals surface area contributed by atoms with Crippen molar-refractivity contribution in [1.29, 1.82) is 0 Å². The fourth-order valence-corrected chi connectivity index (χ4v) is 2.02. The summed E-state index contributed by atoms with van der Waals surface area (Å²) in [4.78, 5) is 23.8. The van der Waals surface area contributed by atoms with Gasteiger partial charge in [-0.2, -0.15) is 0 Å². The van der Waals surface area contributed by atoms with E-state index in [1.165, 1.54) is 6.92 Å². The highest BCUT2D eigenvalue weighted by Crippen LogP contribution is 2.23. The molecule has 0 bridgehead atoms. The first kappa shape index (κ1) is 17.3. The molecule has 1 aromatic carbocycles. The molecule has 0 aliphatic heterocycles. The van der Waals surface area contributed by atoms with Crippen molar-refractivity contribution in [2.45, 2.75) is 39.2 Å². The molecule has 0 fully saturated rings. The minimum absolute atomic E-state index is 0.0878. The maximum Gasteiger partial charge on any atom is 0.342 e. The molecular formula is C15H21ClN2O3. The average molecular weight is 313 g/mol. The molecule has 5 nitrogen and oxygen atoms in total. The molecule has 0 radical (unpaired) electrons. The number of halogens is 1. The van der Waals surface area contributed by atoms with Crippen molar-refractivity contribution in [2.24, 2.45) is 0 Å². The van der Waals surface area contributed by atoms with E-state index in [9.17, 15) is 9.59 Å². The summed E-state index contributed by atoms with van der Waals surface area (Å²) in [6.07, 6.45) is 2.13. The number of hydrogen-bond donors (Lipinski definition) is 2. The van der Waals surface area contributed by atoms with E-state index in [-0.39, 0.29) is 22.2 Å². The first-order valence-electron chi connectivity index (χ1n) is 7.00. The number of carbonyl (C=O) groups excluding carboxylic acids is 2. The zero-order chi connectivity index (χ0) is 15.8. The van der Waals surface area contributed by atoms with Crippen molar-refractivity contribution < 1.29 is 14.3 Å². The van der Waals surface area contributed by atoms with Gasteiger partial charge in [-0.15, -0.1) is 0 Å². The Labute approximate surface area is 129 Å². The third kappa shape index (κ3) is 5.27. The summed E-state index contributed by atoms with van der Waals surface area (Å²) in [6.45, 7) is 4.17. The van der Waals surface area contributed by atoms with E-state index in [0.717, 1.165) is 19.3 Å². The number of unbranched alkanes of at least 4 members (excludes halogenated alkanes) is 2. The Hall–Kier alpha value is -1.75. The fourth-order valence-electron chi connectivity index (χ4n) is 1.76. The third-order valence-electron chi connectivity index (χ3n) is 2.98. The summed E-state index contributed by atoms with van der Waals surface area (Å²) in [5.41, 5.74) is 6.01. The van der Waals surface area contributed by atoms with Crippen molar-refractivity contribution in [1.82, 2.24) is 5.32 Å². The summed E-state index contributed by atoms with van der Waals surface area (Å²) in [6, 6.07) is 4.74. The first-order chi connectivity index (χ1) is 9.97. The molecule has 0 aromatic heterocycles. The number of rotatable bonds is 7. The molecule has 0 aliphatic carbocycles. The topological polar surface area (TPSA) is 81.4 Å². The van der Waals surface area contributed by atoms with Gasteiger partial charge in [-0.25, -0.2) is 4.79 Å². The van der Waals surface area contributed by atoms with Gasteiger partial charge in [0.2, 0.25) is 0 Å². The van der Waals surface area contributed by atoms with E-state index >= 15 is 0 Å². The second-order valence-corrected chi connectivity index (χ2v) is 5.16. The van der Waals surface area contributed by atoms with E-state index in [4.69, 9.17) is 22.1 Å². The highest BCUT2D eigenvalue weighted by atomic mass is 35.5. The summed E-state index contributed by atoms with van der Waals surface area (Å²) in [7, 11) is 0. The van der Waals surface area contributed by atoms with E-state index in [1.807, 2.05) is 0 Å². The van der Waals surface area contributed by atoms with Crippen LogP contribution in [0.1, 0.15) is 43.5 Å². The SMILES string of the molecule is CCCCCNC(=O)C(C)OC(=O)c1c(N)cccc1Cl. The highest BCUT2D eigenvalue weighted by Gasteiger charge is 2.21. The maximum atomic E-state index is 12.0. The Balaban J connectivity index is 2.56. The summed E-state index contributed by atoms with van der Waals surface area (Å²) >= 11 is 5.92. The monoisotopic (exact) mass is 312 g/mol. The Bertz CT molecular complexity index is 485. The molecule has 1 rings (SSSR count). The first-order valence-corrected chi connectivity index (χ1v) is 7.37. The number of nitrogens with one attached hydrogen (secondary N) is 1. The average Bonchev–Trinajstić information content (AvgIpc) is 2.43. The molecule has 1 atom stereocenters. The number of esters is 1. The Morgan fingerprint density at radius 3 is 2.71 bits per heavy atom. The predicted molar refractivity (Wildman–Crippen MR) is 83.3 cm³/mol. The Morgan fingerprint density at radius 1 is 1.38 bits per heavy atom. The van der Waals surface area contributed by atoms with Gasteiger partial charge >= 0.3 is 5.97 Å². The minimum Gasteiger partial charge on any atom is -0.449 e. The molecular weight excluding hydrogens is 292 g/mol. The van der Waals surface area contributed by atoms with Gasteiger partial charge in [-0.05, 0) is 25.5 Å². The molecule has 0 saturated carbocycles. The van der Waals surface area contributed by atoms with Gasteiger partial charge in [-0.1, -0.05) is 37.4 Å². The largest absolute Gasteiger partial charge is 0.449 e. The van der Waals surface area contributed by atoms with Crippen LogP contribution in [0.25, 0.3) is 0 Å². The van der Waals surface area contributed by atoms with Crippen LogP contribution >= 0.6 is 11.6 Å².